The molecule has 0 spiro atoms. The maximum Gasteiger partial charge on any atom is 0.326 e. The molecule has 7 heteroatoms. The number of nitrogens with zero attached hydrogens (tertiary/aromatic N) is 2. The van der Waals surface area contributed by atoms with Gasteiger partial charge in [-0.25, -0.2) is 4.98 Å². The Balaban J connectivity index is 1.52. The average molecular weight is 380 g/mol. The van der Waals surface area contributed by atoms with Crippen LogP contribution in [0.15, 0.2) is 59.4 Å². The van der Waals surface area contributed by atoms with E-state index in [9.17, 15) is 9.59 Å². The Labute approximate surface area is 160 Å². The van der Waals surface area contributed by atoms with Crippen molar-refractivity contribution >= 4 is 28.9 Å². The molecule has 0 radical (unpaired) electrons. The zero-order chi connectivity index (χ0) is 18.6. The summed E-state index contributed by atoms with van der Waals surface area (Å²) >= 11 is 1.49. The lowest BCUT2D eigenvalue weighted by molar-refractivity contribution is -0.144. The maximum atomic E-state index is 12.3. The van der Waals surface area contributed by atoms with Crippen molar-refractivity contribution in [2.24, 2.45) is 0 Å². The van der Waals surface area contributed by atoms with Crippen molar-refractivity contribution < 1.29 is 19.1 Å². The van der Waals surface area contributed by atoms with E-state index in [2.05, 4.69) is 4.98 Å². The van der Waals surface area contributed by atoms with E-state index in [0.717, 1.165) is 16.8 Å². The van der Waals surface area contributed by atoms with E-state index < -0.39 is 5.97 Å². The number of fused-ring (bicyclic) bond motifs is 1. The molecule has 1 amide bonds. The van der Waals surface area contributed by atoms with Crippen molar-refractivity contribution in [2.75, 3.05) is 18.1 Å². The van der Waals surface area contributed by atoms with Gasteiger partial charge in [-0.15, -0.1) is 11.3 Å². The third-order valence-corrected chi connectivity index (χ3v) is 4.75. The highest BCUT2D eigenvalue weighted by atomic mass is 32.1. The first kappa shape index (κ1) is 17.2. The van der Waals surface area contributed by atoms with Crippen LogP contribution in [0.25, 0.3) is 11.3 Å². The fourth-order valence-electron chi connectivity index (χ4n) is 2.80. The van der Waals surface area contributed by atoms with Crippen LogP contribution >= 0.6 is 11.3 Å². The standard InChI is InChI=1S/C20H16N2O4S/c23-19-11-25-18-7-6-15(16-12-27-13-21-16)8-17(18)22(19)9-20(24)26-10-14-4-2-1-3-5-14/h1-8,12-13H,9-11H2. The number of anilines is 1. The van der Waals surface area contributed by atoms with E-state index in [1.807, 2.05) is 47.8 Å². The molecular weight excluding hydrogens is 364 g/mol. The molecule has 0 bridgehead atoms. The van der Waals surface area contributed by atoms with Gasteiger partial charge in [0.05, 0.1) is 16.9 Å². The van der Waals surface area contributed by atoms with Crippen LogP contribution < -0.4 is 9.64 Å². The topological polar surface area (TPSA) is 68.7 Å². The Morgan fingerprint density at radius 3 is 2.85 bits per heavy atom. The fourth-order valence-corrected chi connectivity index (χ4v) is 3.36. The van der Waals surface area contributed by atoms with Gasteiger partial charge in [0.1, 0.15) is 18.9 Å². The van der Waals surface area contributed by atoms with Gasteiger partial charge in [0.15, 0.2) is 6.61 Å². The van der Waals surface area contributed by atoms with Gasteiger partial charge in [0.2, 0.25) is 0 Å². The van der Waals surface area contributed by atoms with E-state index in [4.69, 9.17) is 9.47 Å². The summed E-state index contributed by atoms with van der Waals surface area (Å²) in [6.45, 7) is -0.0958. The second kappa shape index (κ2) is 7.59. The number of carbonyl (C=O) groups is 2. The summed E-state index contributed by atoms with van der Waals surface area (Å²) in [5, 5.41) is 1.92. The smallest absolute Gasteiger partial charge is 0.326 e. The van der Waals surface area contributed by atoms with Gasteiger partial charge in [0, 0.05) is 10.9 Å². The Kier molecular flexibility index (Phi) is 4.84. The summed E-state index contributed by atoms with van der Waals surface area (Å²) in [5.41, 5.74) is 4.86. The number of hydrogen-bond acceptors (Lipinski definition) is 6. The molecule has 6 nitrogen and oxygen atoms in total. The summed E-state index contributed by atoms with van der Waals surface area (Å²) in [4.78, 5) is 30.3. The van der Waals surface area contributed by atoms with Gasteiger partial charge in [0.25, 0.3) is 5.91 Å². The van der Waals surface area contributed by atoms with Gasteiger partial charge in [-0.3, -0.25) is 14.5 Å². The second-order valence-corrected chi connectivity index (χ2v) is 6.69. The highest BCUT2D eigenvalue weighted by Gasteiger charge is 2.28. The molecule has 0 N–H and O–H groups in total. The molecule has 136 valence electrons. The number of thiazole rings is 1. The van der Waals surface area contributed by atoms with Crippen LogP contribution in [0.3, 0.4) is 0 Å². The normalized spacial score (nSPS) is 13.0. The molecule has 27 heavy (non-hydrogen) atoms. The highest BCUT2D eigenvalue weighted by molar-refractivity contribution is 7.07. The van der Waals surface area contributed by atoms with Crippen LogP contribution in [0.5, 0.6) is 5.75 Å². The maximum absolute atomic E-state index is 12.3. The number of esters is 1. The van der Waals surface area contributed by atoms with Gasteiger partial charge < -0.3 is 9.47 Å². The molecule has 0 saturated carbocycles. The van der Waals surface area contributed by atoms with Gasteiger partial charge in [-0.05, 0) is 23.8 Å². The molecule has 1 aromatic heterocycles. The quantitative estimate of drug-likeness (QED) is 0.636. The van der Waals surface area contributed by atoms with Crippen molar-refractivity contribution in [3.05, 3.63) is 65.0 Å². The first-order valence-corrected chi connectivity index (χ1v) is 9.30. The number of amides is 1. The number of aromatic nitrogens is 1. The lowest BCUT2D eigenvalue weighted by Gasteiger charge is -2.29. The van der Waals surface area contributed by atoms with Crippen LogP contribution in [0, 0.1) is 0 Å². The van der Waals surface area contributed by atoms with E-state index in [-0.39, 0.29) is 25.7 Å². The Hall–Kier alpha value is -3.19. The number of ether oxygens (including phenoxy) is 2. The predicted molar refractivity (Wildman–Crippen MR) is 102 cm³/mol. The lowest BCUT2D eigenvalue weighted by atomic mass is 10.1. The molecule has 2 heterocycles. The fraction of sp³-hybridized carbons (Fsp3) is 0.150. The van der Waals surface area contributed by atoms with Crippen LogP contribution in [-0.4, -0.2) is 30.0 Å². The van der Waals surface area contributed by atoms with Crippen molar-refractivity contribution in [2.45, 2.75) is 6.61 Å². The minimum Gasteiger partial charge on any atom is -0.482 e. The van der Waals surface area contributed by atoms with Crippen molar-refractivity contribution in [3.63, 3.8) is 0 Å². The minimum absolute atomic E-state index is 0.102. The molecule has 0 unspecified atom stereocenters. The summed E-state index contributed by atoms with van der Waals surface area (Å²) in [7, 11) is 0. The Morgan fingerprint density at radius 1 is 1.22 bits per heavy atom. The lowest BCUT2D eigenvalue weighted by Crippen LogP contribution is -2.42. The largest absolute Gasteiger partial charge is 0.482 e. The highest BCUT2D eigenvalue weighted by Crippen LogP contribution is 2.35. The summed E-state index contributed by atoms with van der Waals surface area (Å²) in [6.07, 6.45) is 0. The van der Waals surface area contributed by atoms with Crippen LogP contribution in [-0.2, 0) is 20.9 Å². The van der Waals surface area contributed by atoms with Gasteiger partial charge >= 0.3 is 5.97 Å². The third-order valence-electron chi connectivity index (χ3n) is 4.16. The minimum atomic E-state index is -0.473. The summed E-state index contributed by atoms with van der Waals surface area (Å²) < 4.78 is 10.8. The molecule has 0 atom stereocenters. The van der Waals surface area contributed by atoms with Gasteiger partial charge in [-0.1, -0.05) is 30.3 Å². The van der Waals surface area contributed by atoms with E-state index >= 15 is 0 Å². The SMILES string of the molecule is O=C(CN1C(=O)COc2ccc(-c3cscn3)cc21)OCc1ccccc1. The molecule has 0 aliphatic carbocycles. The first-order chi connectivity index (χ1) is 13.2. The van der Waals surface area contributed by atoms with Gasteiger partial charge in [-0.2, -0.15) is 0 Å². The second-order valence-electron chi connectivity index (χ2n) is 5.97. The number of hydrogen-bond donors (Lipinski definition) is 0. The van der Waals surface area contributed by atoms with Crippen LogP contribution in [0.2, 0.25) is 0 Å². The first-order valence-electron chi connectivity index (χ1n) is 8.36. The van der Waals surface area contributed by atoms with Crippen molar-refractivity contribution in [1.82, 2.24) is 4.98 Å². The summed E-state index contributed by atoms with van der Waals surface area (Å²) in [6, 6.07) is 14.9. The molecule has 1 aliphatic rings. The molecule has 0 saturated heterocycles. The Morgan fingerprint density at radius 2 is 2.07 bits per heavy atom. The molecule has 2 aromatic carbocycles. The Bertz CT molecular complexity index is 957. The molecule has 0 fully saturated rings. The zero-order valence-electron chi connectivity index (χ0n) is 14.3. The third kappa shape index (κ3) is 3.83. The van der Waals surface area contributed by atoms with E-state index in [0.29, 0.717) is 11.4 Å². The van der Waals surface area contributed by atoms with E-state index in [1.165, 1.54) is 16.2 Å². The van der Waals surface area contributed by atoms with E-state index in [1.54, 1.807) is 11.6 Å². The number of rotatable bonds is 5. The predicted octanol–water partition coefficient (Wildman–Crippen LogP) is 3.28. The number of benzene rings is 2. The molecule has 3 aromatic rings. The monoisotopic (exact) mass is 380 g/mol. The van der Waals surface area contributed by atoms with Crippen molar-refractivity contribution in [1.29, 1.82) is 0 Å². The average Bonchev–Trinajstić information content (AvgIpc) is 3.24. The zero-order valence-corrected chi connectivity index (χ0v) is 15.1. The molecule has 1 aliphatic heterocycles. The van der Waals surface area contributed by atoms with Crippen LogP contribution in [0.1, 0.15) is 5.56 Å². The van der Waals surface area contributed by atoms with Crippen molar-refractivity contribution in [3.8, 4) is 17.0 Å². The number of carbonyl (C=O) groups excluding carboxylic acids is 2. The molecule has 4 rings (SSSR count). The molecular formula is C20H16N2O4S. The summed E-state index contributed by atoms with van der Waals surface area (Å²) in [5.74, 6) is -0.196. The van der Waals surface area contributed by atoms with Crippen LogP contribution in [0.4, 0.5) is 5.69 Å².